The van der Waals surface area contributed by atoms with E-state index in [-0.39, 0.29) is 5.76 Å². The molecule has 0 atom stereocenters. The lowest BCUT2D eigenvalue weighted by molar-refractivity contribution is 0.414. The first-order valence-electron chi connectivity index (χ1n) is 3.65. The lowest BCUT2D eigenvalue weighted by Crippen LogP contribution is -1.84. The lowest BCUT2D eigenvalue weighted by Gasteiger charge is -2.01. The molecule has 0 radical (unpaired) electrons. The molecule has 1 rings (SSSR count). The van der Waals surface area contributed by atoms with Crippen molar-refractivity contribution in [1.29, 1.82) is 0 Å². The molecule has 0 amide bonds. The van der Waals surface area contributed by atoms with Gasteiger partial charge in [0.2, 0.25) is 0 Å². The Morgan fingerprint density at radius 1 is 1.46 bits per heavy atom. The van der Waals surface area contributed by atoms with Crippen LogP contribution in [0.4, 0.5) is 0 Å². The Bertz CT molecular complexity index is 317. The van der Waals surface area contributed by atoms with Crippen LogP contribution in [0.25, 0.3) is 11.3 Å². The van der Waals surface area contributed by atoms with Gasteiger partial charge in [-0.1, -0.05) is 0 Å². The number of nitrogens with zero attached hydrogens (tertiary/aromatic N) is 2. The van der Waals surface area contributed by atoms with Crippen LogP contribution in [0.3, 0.4) is 0 Å². The van der Waals surface area contributed by atoms with Gasteiger partial charge in [-0.25, -0.2) is 0 Å². The van der Waals surface area contributed by atoms with E-state index in [0.29, 0.717) is 11.3 Å². The Morgan fingerprint density at radius 2 is 2.08 bits per heavy atom. The fourth-order valence-corrected chi connectivity index (χ4v) is 0.891. The van der Waals surface area contributed by atoms with Crippen molar-refractivity contribution in [2.24, 2.45) is 5.11 Å². The van der Waals surface area contributed by atoms with Crippen molar-refractivity contribution in [3.8, 4) is 5.75 Å². The summed E-state index contributed by atoms with van der Waals surface area (Å²) in [5.74, 6) is 0.614. The number of methoxy groups -OCH3 is 1. The molecular weight excluding hydrogens is 168 g/mol. The summed E-state index contributed by atoms with van der Waals surface area (Å²) in [6.07, 6.45) is 0.960. The molecule has 1 aromatic rings. The number of aliphatic hydroxyl groups is 1. The summed E-state index contributed by atoms with van der Waals surface area (Å²) in [7, 11) is 1.56. The molecule has 0 saturated carbocycles. The average molecular weight is 177 g/mol. The van der Waals surface area contributed by atoms with E-state index < -0.39 is 0 Å². The second-order valence-corrected chi connectivity index (χ2v) is 2.36. The summed E-state index contributed by atoms with van der Waals surface area (Å²) in [6, 6.07) is 6.74. The largest absolute Gasteiger partial charge is 0.707 e. The Hall–Kier alpha value is -1.84. The minimum Gasteiger partial charge on any atom is -0.707 e. The Labute approximate surface area is 76.0 Å². The Balaban J connectivity index is 2.91. The summed E-state index contributed by atoms with van der Waals surface area (Å²) in [4.78, 5) is 0. The maximum absolute atomic E-state index is 9.25. The van der Waals surface area contributed by atoms with Gasteiger partial charge in [0, 0.05) is 11.8 Å². The van der Waals surface area contributed by atoms with Gasteiger partial charge in [0.05, 0.1) is 7.11 Å². The highest BCUT2D eigenvalue weighted by Gasteiger charge is 1.97. The summed E-state index contributed by atoms with van der Waals surface area (Å²) in [6.45, 7) is 0. The fraction of sp³-hybridized carbons (Fsp3) is 0.111. The zero-order valence-electron chi connectivity index (χ0n) is 7.14. The molecule has 1 N–H and O–H groups in total. The van der Waals surface area contributed by atoms with Crippen molar-refractivity contribution < 1.29 is 9.84 Å². The van der Waals surface area contributed by atoms with Gasteiger partial charge in [0.25, 0.3) is 0 Å². The Kier molecular flexibility index (Phi) is 3.03. The van der Waals surface area contributed by atoms with Gasteiger partial charge in [-0.3, -0.25) is 0 Å². The summed E-state index contributed by atoms with van der Waals surface area (Å²) < 4.78 is 4.93. The van der Waals surface area contributed by atoms with Gasteiger partial charge < -0.3 is 20.5 Å². The van der Waals surface area contributed by atoms with E-state index in [1.165, 1.54) is 0 Å². The van der Waals surface area contributed by atoms with E-state index >= 15 is 0 Å². The Morgan fingerprint density at radius 3 is 2.54 bits per heavy atom. The van der Waals surface area contributed by atoms with Crippen LogP contribution in [0.15, 0.2) is 35.6 Å². The molecule has 68 valence electrons. The van der Waals surface area contributed by atoms with Gasteiger partial charge in [-0.15, -0.1) is 0 Å². The van der Waals surface area contributed by atoms with Crippen LogP contribution in [0.2, 0.25) is 0 Å². The molecular formula is C9H9N2O2-. The zero-order valence-corrected chi connectivity index (χ0v) is 7.14. The molecule has 0 fully saturated rings. The van der Waals surface area contributed by atoms with Gasteiger partial charge in [0.15, 0.2) is 0 Å². The van der Waals surface area contributed by atoms with Crippen LogP contribution in [0.1, 0.15) is 5.56 Å². The summed E-state index contributed by atoms with van der Waals surface area (Å²) in [5, 5.41) is 12.0. The maximum atomic E-state index is 9.25. The normalized spacial score (nSPS) is 11.0. The van der Waals surface area contributed by atoms with Crippen molar-refractivity contribution in [1.82, 2.24) is 0 Å². The van der Waals surface area contributed by atoms with Crippen molar-refractivity contribution in [2.45, 2.75) is 0 Å². The number of benzene rings is 1. The topological polar surface area (TPSA) is 64.1 Å². The quantitative estimate of drug-likeness (QED) is 0.569. The van der Waals surface area contributed by atoms with Crippen LogP contribution < -0.4 is 4.74 Å². The van der Waals surface area contributed by atoms with Crippen LogP contribution in [-0.4, -0.2) is 12.2 Å². The van der Waals surface area contributed by atoms with Crippen LogP contribution in [0, 0.1) is 0 Å². The van der Waals surface area contributed by atoms with Crippen molar-refractivity contribution in [2.75, 3.05) is 7.11 Å². The maximum Gasteiger partial charge on any atom is 0.139 e. The number of hydrogen-bond acceptors (Lipinski definition) is 3. The molecule has 0 heterocycles. The van der Waals surface area contributed by atoms with Gasteiger partial charge in [0.1, 0.15) is 11.5 Å². The minimum absolute atomic E-state index is 0.0925. The first-order valence-corrected chi connectivity index (χ1v) is 3.65. The average Bonchev–Trinajstić information content (AvgIpc) is 2.18. The molecule has 4 nitrogen and oxygen atoms in total. The molecule has 0 aliphatic rings. The van der Waals surface area contributed by atoms with E-state index in [1.54, 1.807) is 31.4 Å². The van der Waals surface area contributed by atoms with Crippen LogP contribution >= 0.6 is 0 Å². The minimum atomic E-state index is -0.0925. The highest BCUT2D eigenvalue weighted by Crippen LogP contribution is 2.16. The first kappa shape index (κ1) is 9.25. The molecule has 0 aliphatic carbocycles. The monoisotopic (exact) mass is 177 g/mol. The van der Waals surface area contributed by atoms with E-state index in [1.807, 2.05) is 0 Å². The molecule has 0 aromatic heterocycles. The smallest absolute Gasteiger partial charge is 0.139 e. The molecule has 0 aliphatic heterocycles. The molecule has 1 aromatic carbocycles. The third kappa shape index (κ3) is 2.30. The molecule has 4 heteroatoms. The predicted octanol–water partition coefficient (Wildman–Crippen LogP) is 2.57. The van der Waals surface area contributed by atoms with Crippen LogP contribution in [0.5, 0.6) is 5.75 Å². The number of rotatable bonds is 3. The molecule has 0 bridgehead atoms. The molecule has 0 spiro atoms. The van der Waals surface area contributed by atoms with E-state index in [4.69, 9.17) is 10.3 Å². The highest BCUT2D eigenvalue weighted by molar-refractivity contribution is 5.58. The van der Waals surface area contributed by atoms with Gasteiger partial charge in [-0.2, -0.15) is 0 Å². The van der Waals surface area contributed by atoms with Crippen molar-refractivity contribution in [3.63, 3.8) is 0 Å². The first-order chi connectivity index (χ1) is 6.27. The third-order valence-corrected chi connectivity index (χ3v) is 1.57. The number of hydrogen-bond donors (Lipinski definition) is 1. The molecule has 13 heavy (non-hydrogen) atoms. The van der Waals surface area contributed by atoms with Gasteiger partial charge in [-0.05, 0) is 24.3 Å². The SMILES string of the molecule is COc1ccc(/C(O)=C/N=[N-])cc1. The second kappa shape index (κ2) is 4.25. The van der Waals surface area contributed by atoms with Crippen molar-refractivity contribution in [3.05, 3.63) is 41.6 Å². The third-order valence-electron chi connectivity index (χ3n) is 1.57. The lowest BCUT2D eigenvalue weighted by atomic mass is 10.2. The van der Waals surface area contributed by atoms with Crippen LogP contribution in [-0.2, 0) is 0 Å². The zero-order chi connectivity index (χ0) is 9.68. The van der Waals surface area contributed by atoms with E-state index in [0.717, 1.165) is 6.20 Å². The predicted molar refractivity (Wildman–Crippen MR) is 49.4 cm³/mol. The summed E-state index contributed by atoms with van der Waals surface area (Å²) >= 11 is 0. The standard InChI is InChI=1S/C9H9N2O2/c1-13-8-4-2-7(3-5-8)9(12)6-11-10/h2-6,12H,1H3/q-1/b9-6-. The van der Waals surface area contributed by atoms with Gasteiger partial charge >= 0.3 is 0 Å². The summed E-state index contributed by atoms with van der Waals surface area (Å²) in [5.41, 5.74) is 8.73. The number of aliphatic hydroxyl groups excluding tert-OH is 1. The highest BCUT2D eigenvalue weighted by atomic mass is 16.5. The molecule has 0 unspecified atom stereocenters. The van der Waals surface area contributed by atoms with E-state index in [2.05, 4.69) is 5.11 Å². The van der Waals surface area contributed by atoms with E-state index in [9.17, 15) is 5.11 Å². The molecule has 0 saturated heterocycles. The number of ether oxygens (including phenoxy) is 1. The van der Waals surface area contributed by atoms with Crippen molar-refractivity contribution >= 4 is 5.76 Å². The fourth-order valence-electron chi connectivity index (χ4n) is 0.891. The second-order valence-electron chi connectivity index (χ2n) is 2.36.